The summed E-state index contributed by atoms with van der Waals surface area (Å²) < 4.78 is 0. The highest BCUT2D eigenvalue weighted by Gasteiger charge is 2.34. The zero-order chi connectivity index (χ0) is 34.8. The van der Waals surface area contributed by atoms with E-state index in [0.29, 0.717) is 0 Å². The molecule has 2 heterocycles. The average molecular weight is 666 g/mol. The quantitative estimate of drug-likeness (QED) is 0.183. The van der Waals surface area contributed by atoms with Crippen molar-refractivity contribution in [3.05, 3.63) is 172 Å². The van der Waals surface area contributed by atoms with Crippen molar-refractivity contribution in [3.63, 3.8) is 0 Å². The monoisotopic (exact) mass is 665 g/mol. The van der Waals surface area contributed by atoms with Crippen LogP contribution >= 0.6 is 0 Å². The molecule has 0 saturated carbocycles. The van der Waals surface area contributed by atoms with Gasteiger partial charge in [0.1, 0.15) is 11.4 Å². The Hall–Kier alpha value is -6.85. The Morgan fingerprint density at radius 2 is 0.942 bits per heavy atom. The van der Waals surface area contributed by atoms with Gasteiger partial charge in [-0.25, -0.2) is 0 Å². The molecule has 0 bridgehead atoms. The smallest absolute Gasteiger partial charge is 0.106 e. The van der Waals surface area contributed by atoms with Crippen LogP contribution in [0, 0.1) is 13.8 Å². The number of hydrogen-bond donors (Lipinski definition) is 0. The van der Waals surface area contributed by atoms with Crippen molar-refractivity contribution in [2.24, 2.45) is 0 Å². The third-order valence-corrected chi connectivity index (χ3v) is 10.5. The molecule has 8 aromatic rings. The molecule has 2 aliphatic rings. The second-order valence-corrected chi connectivity index (χ2v) is 13.4. The fraction of sp³-hybridized carbons (Fsp3) is 0.0426. The molecule has 0 spiro atoms. The molecule has 0 radical (unpaired) electrons. The van der Waals surface area contributed by atoms with Crippen LogP contribution in [0.1, 0.15) is 22.5 Å². The van der Waals surface area contributed by atoms with Crippen LogP contribution in [0.5, 0.6) is 0 Å². The predicted octanol–water partition coefficient (Wildman–Crippen LogP) is 9.23. The molecule has 6 aromatic carbocycles. The van der Waals surface area contributed by atoms with E-state index in [0.717, 1.165) is 89.2 Å². The van der Waals surface area contributed by atoms with Gasteiger partial charge in [-0.3, -0.25) is 0 Å². The van der Waals surface area contributed by atoms with Crippen LogP contribution in [0.4, 0.5) is 0 Å². The Bertz CT molecular complexity index is 2850. The van der Waals surface area contributed by atoms with Crippen molar-refractivity contribution in [1.29, 1.82) is 0 Å². The molecule has 0 fully saturated rings. The van der Waals surface area contributed by atoms with Gasteiger partial charge >= 0.3 is 0 Å². The first-order valence-electron chi connectivity index (χ1n) is 17.5. The summed E-state index contributed by atoms with van der Waals surface area (Å²) in [6.07, 6.45) is 4.56. The molecular weight excluding hydrogens is 635 g/mol. The lowest BCUT2D eigenvalue weighted by molar-refractivity contribution is 0.879. The number of hydrogen-bond acceptors (Lipinski definition) is 5. The van der Waals surface area contributed by atoms with Gasteiger partial charge < -0.3 is 0 Å². The SMILES string of the molecule is Cc1nnc2c(c1C)-c1c(-c3nnnc(-c4ccccc4)c3-c3ccccc3)c(-c3ccccc3-c3ccccc3)c3c(c1=C2)=Cc1ccccc1-3. The van der Waals surface area contributed by atoms with Gasteiger partial charge in [0.25, 0.3) is 0 Å². The van der Waals surface area contributed by atoms with E-state index in [4.69, 9.17) is 15.3 Å². The summed E-state index contributed by atoms with van der Waals surface area (Å²) in [7, 11) is 0. The predicted molar refractivity (Wildman–Crippen MR) is 209 cm³/mol. The van der Waals surface area contributed by atoms with Crippen LogP contribution in [0.2, 0.25) is 0 Å². The molecule has 2 aliphatic carbocycles. The van der Waals surface area contributed by atoms with E-state index in [2.05, 4.69) is 145 Å². The highest BCUT2D eigenvalue weighted by molar-refractivity contribution is 6.11. The second kappa shape index (κ2) is 11.9. The van der Waals surface area contributed by atoms with Gasteiger partial charge in [-0.05, 0) is 86.2 Å². The van der Waals surface area contributed by atoms with Gasteiger partial charge in [-0.2, -0.15) is 10.2 Å². The third kappa shape index (κ3) is 4.53. The van der Waals surface area contributed by atoms with Crippen molar-refractivity contribution >= 4 is 12.2 Å². The lowest BCUT2D eigenvalue weighted by Gasteiger charge is -2.23. The largest absolute Gasteiger partial charge is 0.155 e. The van der Waals surface area contributed by atoms with Crippen LogP contribution in [0.25, 0.3) is 90.3 Å². The van der Waals surface area contributed by atoms with E-state index in [1.807, 2.05) is 31.2 Å². The van der Waals surface area contributed by atoms with Crippen LogP contribution in [0.15, 0.2) is 140 Å². The molecule has 0 amide bonds. The van der Waals surface area contributed by atoms with Crippen LogP contribution in [-0.4, -0.2) is 25.6 Å². The van der Waals surface area contributed by atoms with Gasteiger partial charge in [-0.1, -0.05) is 140 Å². The second-order valence-electron chi connectivity index (χ2n) is 13.4. The number of fused-ring (bicyclic) bond motifs is 7. The molecule has 0 saturated heterocycles. The molecule has 0 unspecified atom stereocenters. The van der Waals surface area contributed by atoms with Gasteiger partial charge in [0.15, 0.2) is 0 Å². The maximum atomic E-state index is 5.06. The number of nitrogens with zero attached hydrogens (tertiary/aromatic N) is 5. The summed E-state index contributed by atoms with van der Waals surface area (Å²) in [6, 6.07) is 48.9. The van der Waals surface area contributed by atoms with E-state index in [1.54, 1.807) is 0 Å². The van der Waals surface area contributed by atoms with Crippen molar-refractivity contribution in [2.75, 3.05) is 0 Å². The maximum Gasteiger partial charge on any atom is 0.106 e. The first-order chi connectivity index (χ1) is 25.7. The fourth-order valence-corrected chi connectivity index (χ4v) is 8.07. The van der Waals surface area contributed by atoms with Gasteiger partial charge in [0, 0.05) is 33.4 Å². The van der Waals surface area contributed by atoms with Gasteiger partial charge in [0.05, 0.1) is 11.4 Å². The Morgan fingerprint density at radius 3 is 1.67 bits per heavy atom. The average Bonchev–Trinajstić information content (AvgIpc) is 3.79. The number of aromatic nitrogens is 5. The first kappa shape index (κ1) is 30.0. The Kier molecular flexibility index (Phi) is 6.86. The summed E-state index contributed by atoms with van der Waals surface area (Å²) in [5, 5.41) is 26.1. The lowest BCUT2D eigenvalue weighted by atomic mass is 9.80. The summed E-state index contributed by atoms with van der Waals surface area (Å²) in [5.41, 5.74) is 18.6. The molecule has 5 heteroatoms. The highest BCUT2D eigenvalue weighted by atomic mass is 15.3. The molecule has 0 atom stereocenters. The van der Waals surface area contributed by atoms with E-state index < -0.39 is 0 Å². The molecule has 0 N–H and O–H groups in total. The highest BCUT2D eigenvalue weighted by Crippen LogP contribution is 2.51. The Morgan fingerprint density at radius 1 is 0.365 bits per heavy atom. The number of benzene rings is 6. The van der Waals surface area contributed by atoms with Crippen molar-refractivity contribution in [2.45, 2.75) is 13.8 Å². The summed E-state index contributed by atoms with van der Waals surface area (Å²) in [4.78, 5) is 0. The molecule has 10 rings (SSSR count). The normalized spacial score (nSPS) is 12.0. The zero-order valence-electron chi connectivity index (χ0n) is 28.7. The standard InChI is InChI=1S/C47H31N5/c1-28-29(2)48-49-39-27-38-37-26-33-22-12-13-24-35(33)42(37)43(36-25-15-14-23-34(36)30-16-6-3-7-17-30)45(44(38)40(28)39)47-41(31-18-8-4-9-19-31)46(50-52-51-47)32-20-10-5-11-21-32/h3-27H,1-2H3. The van der Waals surface area contributed by atoms with E-state index in [1.165, 1.54) is 21.9 Å². The third-order valence-electron chi connectivity index (χ3n) is 10.5. The molecule has 52 heavy (non-hydrogen) atoms. The van der Waals surface area contributed by atoms with E-state index in [-0.39, 0.29) is 0 Å². The molecule has 2 aromatic heterocycles. The van der Waals surface area contributed by atoms with Crippen LogP contribution in [-0.2, 0) is 0 Å². The lowest BCUT2D eigenvalue weighted by Crippen LogP contribution is -2.28. The summed E-state index contributed by atoms with van der Waals surface area (Å²) in [6.45, 7) is 4.20. The number of rotatable bonds is 5. The van der Waals surface area contributed by atoms with Crippen LogP contribution in [0.3, 0.4) is 0 Å². The van der Waals surface area contributed by atoms with Crippen LogP contribution < -0.4 is 10.4 Å². The van der Waals surface area contributed by atoms with Gasteiger partial charge in [-0.15, -0.1) is 10.2 Å². The zero-order valence-corrected chi connectivity index (χ0v) is 28.7. The topological polar surface area (TPSA) is 64.5 Å². The van der Waals surface area contributed by atoms with Crippen molar-refractivity contribution in [3.8, 4) is 78.1 Å². The molecule has 244 valence electrons. The summed E-state index contributed by atoms with van der Waals surface area (Å²) >= 11 is 0. The molecular formula is C47H31N5. The summed E-state index contributed by atoms with van der Waals surface area (Å²) in [5.74, 6) is 0. The van der Waals surface area contributed by atoms with Crippen molar-refractivity contribution < 1.29 is 0 Å². The van der Waals surface area contributed by atoms with E-state index >= 15 is 0 Å². The number of aryl methyl sites for hydroxylation is 1. The minimum Gasteiger partial charge on any atom is -0.155 e. The molecule has 5 nitrogen and oxygen atoms in total. The minimum atomic E-state index is 0.775. The Labute approximate surface area is 301 Å². The maximum absolute atomic E-state index is 5.06. The van der Waals surface area contributed by atoms with E-state index in [9.17, 15) is 0 Å². The first-order valence-corrected chi connectivity index (χ1v) is 17.5. The van der Waals surface area contributed by atoms with Crippen molar-refractivity contribution in [1.82, 2.24) is 25.6 Å². The minimum absolute atomic E-state index is 0.775. The molecule has 0 aliphatic heterocycles. The Balaban J connectivity index is 1.46. The van der Waals surface area contributed by atoms with Gasteiger partial charge in [0.2, 0.25) is 0 Å². The fourth-order valence-electron chi connectivity index (χ4n) is 8.07.